The Kier molecular flexibility index (Phi) is 7.20. The van der Waals surface area contributed by atoms with Gasteiger partial charge in [0.15, 0.2) is 0 Å². The van der Waals surface area contributed by atoms with Crippen molar-refractivity contribution in [3.8, 4) is 0 Å². The van der Waals surface area contributed by atoms with Crippen LogP contribution in [0.15, 0.2) is 22.7 Å². The number of hydrogen-bond donors (Lipinski definition) is 1. The molecule has 1 N–H and O–H groups in total. The van der Waals surface area contributed by atoms with Gasteiger partial charge >= 0.3 is 0 Å². The number of halogens is 1. The van der Waals surface area contributed by atoms with Crippen LogP contribution in [0, 0.1) is 6.92 Å². The summed E-state index contributed by atoms with van der Waals surface area (Å²) in [6.45, 7) is 6.74. The number of aryl methyl sites for hydroxylation is 1. The minimum atomic E-state index is -2.87. The van der Waals surface area contributed by atoms with Gasteiger partial charge in [0.05, 0.1) is 5.75 Å². The lowest BCUT2D eigenvalue weighted by Gasteiger charge is -2.20. The van der Waals surface area contributed by atoms with E-state index in [0.29, 0.717) is 6.42 Å². The molecule has 0 spiro atoms. The molecule has 5 heteroatoms. The van der Waals surface area contributed by atoms with E-state index in [0.717, 1.165) is 17.4 Å². The number of benzene rings is 1. The van der Waals surface area contributed by atoms with Crippen molar-refractivity contribution in [1.29, 1.82) is 0 Å². The molecule has 1 atom stereocenters. The molecule has 0 aliphatic heterocycles. The van der Waals surface area contributed by atoms with Crippen molar-refractivity contribution in [1.82, 2.24) is 5.32 Å². The highest BCUT2D eigenvalue weighted by Gasteiger charge is 2.15. The quantitative estimate of drug-likeness (QED) is 0.768. The molecule has 0 amide bonds. The fourth-order valence-corrected chi connectivity index (χ4v) is 3.53. The van der Waals surface area contributed by atoms with E-state index >= 15 is 0 Å². The Morgan fingerprint density at radius 2 is 2.00 bits per heavy atom. The fraction of sp³-hybridized carbons (Fsp3) is 0.600. The van der Waals surface area contributed by atoms with Crippen LogP contribution in [0.25, 0.3) is 0 Å². The Balaban J connectivity index is 2.76. The number of hydrogen-bond acceptors (Lipinski definition) is 3. The summed E-state index contributed by atoms with van der Waals surface area (Å²) in [5.41, 5.74) is 2.48. The molecule has 0 aliphatic rings. The third kappa shape index (κ3) is 5.54. The Hall–Kier alpha value is -0.390. The zero-order valence-corrected chi connectivity index (χ0v) is 14.9. The molecule has 1 unspecified atom stereocenters. The molecular formula is C15H24BrNO2S. The molecule has 3 nitrogen and oxygen atoms in total. The van der Waals surface area contributed by atoms with E-state index in [4.69, 9.17) is 0 Å². The van der Waals surface area contributed by atoms with Crippen LogP contribution in [0.3, 0.4) is 0 Å². The smallest absolute Gasteiger partial charge is 0.150 e. The van der Waals surface area contributed by atoms with Gasteiger partial charge in [0.25, 0.3) is 0 Å². The summed E-state index contributed by atoms with van der Waals surface area (Å²) in [7, 11) is -2.87. The standard InChI is InChI=1S/C15H24BrNO2S/c1-4-17-15(7-6-10-20(18,19)5-2)14-11-13(16)9-8-12(14)3/h8-9,11,15,17H,4-7,10H2,1-3H3. The van der Waals surface area contributed by atoms with E-state index in [-0.39, 0.29) is 17.5 Å². The van der Waals surface area contributed by atoms with Gasteiger partial charge in [0.1, 0.15) is 9.84 Å². The lowest BCUT2D eigenvalue weighted by atomic mass is 9.98. The highest BCUT2D eigenvalue weighted by molar-refractivity contribution is 9.10. The lowest BCUT2D eigenvalue weighted by Crippen LogP contribution is -2.22. The number of nitrogens with one attached hydrogen (secondary N) is 1. The van der Waals surface area contributed by atoms with Gasteiger partial charge < -0.3 is 5.32 Å². The number of sulfone groups is 1. The van der Waals surface area contributed by atoms with Crippen molar-refractivity contribution in [2.45, 2.75) is 39.7 Å². The Morgan fingerprint density at radius 1 is 1.30 bits per heavy atom. The molecule has 0 heterocycles. The predicted octanol–water partition coefficient (Wildman–Crippen LogP) is 3.62. The van der Waals surface area contributed by atoms with Crippen LogP contribution in [0.4, 0.5) is 0 Å². The Bertz CT molecular complexity index is 529. The maximum Gasteiger partial charge on any atom is 0.150 e. The van der Waals surface area contributed by atoms with Crippen LogP contribution in [0.2, 0.25) is 0 Å². The molecule has 1 aromatic carbocycles. The summed E-state index contributed by atoms with van der Waals surface area (Å²) in [5.74, 6) is 0.507. The molecule has 0 saturated heterocycles. The second kappa shape index (κ2) is 8.15. The molecular weight excluding hydrogens is 338 g/mol. The molecule has 20 heavy (non-hydrogen) atoms. The molecule has 1 aromatic rings. The molecule has 1 rings (SSSR count). The Morgan fingerprint density at radius 3 is 2.60 bits per heavy atom. The van der Waals surface area contributed by atoms with Crippen LogP contribution in [-0.4, -0.2) is 26.5 Å². The van der Waals surface area contributed by atoms with Gasteiger partial charge in [-0.2, -0.15) is 0 Å². The van der Waals surface area contributed by atoms with Crippen molar-refractivity contribution < 1.29 is 8.42 Å². The summed E-state index contributed by atoms with van der Waals surface area (Å²) in [6.07, 6.45) is 1.53. The topological polar surface area (TPSA) is 46.2 Å². The average Bonchev–Trinajstić information content (AvgIpc) is 2.40. The SMILES string of the molecule is CCNC(CCCS(=O)(=O)CC)c1cc(Br)ccc1C. The maximum atomic E-state index is 11.6. The molecule has 0 aliphatic carbocycles. The molecule has 0 aromatic heterocycles. The van der Waals surface area contributed by atoms with Crippen LogP contribution >= 0.6 is 15.9 Å². The van der Waals surface area contributed by atoms with E-state index in [1.807, 2.05) is 6.07 Å². The number of rotatable bonds is 8. The van der Waals surface area contributed by atoms with E-state index in [1.165, 1.54) is 11.1 Å². The second-order valence-electron chi connectivity index (χ2n) is 4.99. The van der Waals surface area contributed by atoms with Crippen molar-refractivity contribution >= 4 is 25.8 Å². The zero-order valence-electron chi connectivity index (χ0n) is 12.4. The zero-order chi connectivity index (χ0) is 15.2. The van der Waals surface area contributed by atoms with Crippen molar-refractivity contribution in [2.24, 2.45) is 0 Å². The summed E-state index contributed by atoms with van der Waals surface area (Å²) >= 11 is 3.50. The van der Waals surface area contributed by atoms with Crippen LogP contribution in [-0.2, 0) is 9.84 Å². The third-order valence-electron chi connectivity index (χ3n) is 3.46. The van der Waals surface area contributed by atoms with Crippen molar-refractivity contribution in [3.05, 3.63) is 33.8 Å². The third-order valence-corrected chi connectivity index (χ3v) is 5.74. The first kappa shape index (κ1) is 17.7. The van der Waals surface area contributed by atoms with Crippen molar-refractivity contribution in [3.63, 3.8) is 0 Å². The molecule has 0 saturated carbocycles. The average molecular weight is 362 g/mol. The van der Waals surface area contributed by atoms with E-state index in [9.17, 15) is 8.42 Å². The first-order valence-electron chi connectivity index (χ1n) is 7.09. The van der Waals surface area contributed by atoms with Gasteiger partial charge in [0, 0.05) is 16.3 Å². The molecule has 114 valence electrons. The summed E-state index contributed by atoms with van der Waals surface area (Å²) in [5, 5.41) is 3.46. The summed E-state index contributed by atoms with van der Waals surface area (Å²) in [4.78, 5) is 0. The van der Waals surface area contributed by atoms with Gasteiger partial charge in [-0.05, 0) is 49.6 Å². The fourth-order valence-electron chi connectivity index (χ4n) is 2.25. The largest absolute Gasteiger partial charge is 0.310 e. The van der Waals surface area contributed by atoms with Crippen LogP contribution in [0.5, 0.6) is 0 Å². The molecule has 0 bridgehead atoms. The Labute approximate surface area is 131 Å². The maximum absolute atomic E-state index is 11.6. The van der Waals surface area contributed by atoms with Crippen LogP contribution < -0.4 is 5.32 Å². The summed E-state index contributed by atoms with van der Waals surface area (Å²) < 4.78 is 24.2. The van der Waals surface area contributed by atoms with Crippen molar-refractivity contribution in [2.75, 3.05) is 18.1 Å². The highest BCUT2D eigenvalue weighted by Crippen LogP contribution is 2.25. The monoisotopic (exact) mass is 361 g/mol. The molecule has 0 fully saturated rings. The lowest BCUT2D eigenvalue weighted by molar-refractivity contribution is 0.504. The van der Waals surface area contributed by atoms with Gasteiger partial charge in [-0.25, -0.2) is 8.42 Å². The molecule has 0 radical (unpaired) electrons. The van der Waals surface area contributed by atoms with E-state index in [1.54, 1.807) is 6.92 Å². The minimum Gasteiger partial charge on any atom is -0.310 e. The van der Waals surface area contributed by atoms with E-state index < -0.39 is 9.84 Å². The van der Waals surface area contributed by atoms with Gasteiger partial charge in [0.2, 0.25) is 0 Å². The van der Waals surface area contributed by atoms with Gasteiger partial charge in [-0.1, -0.05) is 35.8 Å². The van der Waals surface area contributed by atoms with E-state index in [2.05, 4.69) is 47.2 Å². The first-order chi connectivity index (χ1) is 9.39. The van der Waals surface area contributed by atoms with Gasteiger partial charge in [-0.3, -0.25) is 0 Å². The second-order valence-corrected chi connectivity index (χ2v) is 8.38. The first-order valence-corrected chi connectivity index (χ1v) is 9.71. The normalized spacial score (nSPS) is 13.4. The highest BCUT2D eigenvalue weighted by atomic mass is 79.9. The van der Waals surface area contributed by atoms with Crippen LogP contribution in [0.1, 0.15) is 43.9 Å². The minimum absolute atomic E-state index is 0.213. The predicted molar refractivity (Wildman–Crippen MR) is 88.9 cm³/mol. The van der Waals surface area contributed by atoms with Gasteiger partial charge in [-0.15, -0.1) is 0 Å². The summed E-state index contributed by atoms with van der Waals surface area (Å²) in [6, 6.07) is 6.46.